The molecule has 27 heavy (non-hydrogen) atoms. The molecule has 1 atom stereocenters. The van der Waals surface area contributed by atoms with Crippen LogP contribution in [0, 0.1) is 6.92 Å². The fourth-order valence-electron chi connectivity index (χ4n) is 2.87. The summed E-state index contributed by atoms with van der Waals surface area (Å²) >= 11 is 1.48. The van der Waals surface area contributed by atoms with Crippen LogP contribution in [0.5, 0.6) is 0 Å². The third-order valence-electron chi connectivity index (χ3n) is 4.28. The maximum atomic E-state index is 12.9. The predicted molar refractivity (Wildman–Crippen MR) is 104 cm³/mol. The van der Waals surface area contributed by atoms with Gasteiger partial charge in [0.1, 0.15) is 0 Å². The Hall–Kier alpha value is -2.74. The van der Waals surface area contributed by atoms with E-state index in [4.69, 9.17) is 4.74 Å². The van der Waals surface area contributed by atoms with E-state index in [0.717, 1.165) is 15.9 Å². The van der Waals surface area contributed by atoms with Crippen molar-refractivity contribution >= 4 is 34.2 Å². The molecule has 142 valence electrons. The normalized spacial score (nSPS) is 12.3. The highest BCUT2D eigenvalue weighted by molar-refractivity contribution is 7.10. The summed E-state index contributed by atoms with van der Waals surface area (Å²) in [6, 6.07) is 5.30. The van der Waals surface area contributed by atoms with Gasteiger partial charge in [0.25, 0.3) is 5.91 Å². The summed E-state index contributed by atoms with van der Waals surface area (Å²) < 4.78 is 6.59. The molecule has 0 bridgehead atoms. The second-order valence-electron chi connectivity index (χ2n) is 6.54. The van der Waals surface area contributed by atoms with E-state index in [2.05, 4.69) is 15.4 Å². The van der Waals surface area contributed by atoms with Gasteiger partial charge in [-0.05, 0) is 38.3 Å². The zero-order valence-electron chi connectivity index (χ0n) is 15.7. The Labute approximate surface area is 161 Å². The molecule has 0 radical (unpaired) electrons. The number of fused-ring (bicyclic) bond motifs is 1. The molecule has 1 N–H and O–H groups in total. The van der Waals surface area contributed by atoms with E-state index in [9.17, 15) is 9.59 Å². The minimum absolute atomic E-state index is 0.0722. The maximum absolute atomic E-state index is 12.9. The summed E-state index contributed by atoms with van der Waals surface area (Å²) in [4.78, 5) is 30.1. The van der Waals surface area contributed by atoms with Crippen molar-refractivity contribution in [3.8, 4) is 0 Å². The molecule has 0 fully saturated rings. The average Bonchev–Trinajstić information content (AvgIpc) is 3.29. The summed E-state index contributed by atoms with van der Waals surface area (Å²) in [5.74, 6) is -0.654. The van der Waals surface area contributed by atoms with E-state index < -0.39 is 6.04 Å². The fraction of sp³-hybridized carbons (Fsp3) is 0.368. The molecule has 3 aromatic heterocycles. The third kappa shape index (κ3) is 4.00. The lowest BCUT2D eigenvalue weighted by Gasteiger charge is -2.17. The number of ether oxygens (including phenoxy) is 1. The lowest BCUT2D eigenvalue weighted by atomic mass is 10.1. The summed E-state index contributed by atoms with van der Waals surface area (Å²) in [5.41, 5.74) is 1.84. The zero-order valence-corrected chi connectivity index (χ0v) is 16.5. The molecule has 0 spiro atoms. The molecule has 0 saturated carbocycles. The molecule has 3 aromatic rings. The van der Waals surface area contributed by atoms with E-state index >= 15 is 0 Å². The van der Waals surface area contributed by atoms with E-state index in [1.807, 2.05) is 36.0 Å². The van der Waals surface area contributed by atoms with Gasteiger partial charge < -0.3 is 10.1 Å². The molecule has 1 unspecified atom stereocenters. The quantitative estimate of drug-likeness (QED) is 0.656. The summed E-state index contributed by atoms with van der Waals surface area (Å²) in [7, 11) is 1.34. The molecule has 0 aromatic carbocycles. The van der Waals surface area contributed by atoms with Crippen LogP contribution in [0.2, 0.25) is 0 Å². The molecule has 0 saturated heterocycles. The molecular formula is C19H22N4O3S. The van der Waals surface area contributed by atoms with Crippen molar-refractivity contribution in [3.05, 3.63) is 45.9 Å². The van der Waals surface area contributed by atoms with Crippen molar-refractivity contribution < 1.29 is 14.3 Å². The SMILES string of the molecule is COC(=O)CC(NC(=O)c1cc2cnn(C(C)C)c2nc1C)c1cccs1. The number of carbonyl (C=O) groups excluding carboxylic acids is 2. The van der Waals surface area contributed by atoms with Gasteiger partial charge in [-0.25, -0.2) is 9.67 Å². The van der Waals surface area contributed by atoms with Gasteiger partial charge in [0.05, 0.1) is 37.0 Å². The molecule has 0 aliphatic rings. The maximum Gasteiger partial charge on any atom is 0.307 e. The van der Waals surface area contributed by atoms with Crippen molar-refractivity contribution in [3.63, 3.8) is 0 Å². The number of aromatic nitrogens is 3. The number of aryl methyl sites for hydroxylation is 1. The average molecular weight is 386 g/mol. The molecule has 3 heterocycles. The zero-order chi connectivity index (χ0) is 19.6. The number of hydrogen-bond donors (Lipinski definition) is 1. The standard InChI is InChI=1S/C19H22N4O3S/c1-11(2)23-18-13(10-20-23)8-14(12(3)21-18)19(25)22-15(9-17(24)26-4)16-6-5-7-27-16/h5-8,10-11,15H,9H2,1-4H3,(H,22,25). The number of methoxy groups -OCH3 is 1. The number of pyridine rings is 1. The summed E-state index contributed by atoms with van der Waals surface area (Å²) in [6.45, 7) is 5.86. The predicted octanol–water partition coefficient (Wildman–Crippen LogP) is 3.42. The molecule has 0 aliphatic heterocycles. The van der Waals surface area contributed by atoms with Gasteiger partial charge in [-0.2, -0.15) is 5.10 Å². The first-order valence-corrected chi connectivity index (χ1v) is 9.54. The first-order chi connectivity index (χ1) is 12.9. The number of thiophene rings is 1. The Morgan fingerprint density at radius 1 is 1.37 bits per heavy atom. The van der Waals surface area contributed by atoms with Crippen LogP contribution < -0.4 is 5.32 Å². The minimum atomic E-state index is -0.446. The van der Waals surface area contributed by atoms with Crippen LogP contribution in [0.25, 0.3) is 11.0 Å². The smallest absolute Gasteiger partial charge is 0.307 e. The number of esters is 1. The Morgan fingerprint density at radius 2 is 2.15 bits per heavy atom. The van der Waals surface area contributed by atoms with Gasteiger partial charge in [-0.3, -0.25) is 9.59 Å². The first kappa shape index (κ1) is 19.0. The van der Waals surface area contributed by atoms with Crippen molar-refractivity contribution in [1.82, 2.24) is 20.1 Å². The highest BCUT2D eigenvalue weighted by Gasteiger charge is 2.22. The van der Waals surface area contributed by atoms with E-state index in [0.29, 0.717) is 11.3 Å². The van der Waals surface area contributed by atoms with Crippen LogP contribution in [0.3, 0.4) is 0 Å². The topological polar surface area (TPSA) is 86.1 Å². The number of nitrogens with one attached hydrogen (secondary N) is 1. The fourth-order valence-corrected chi connectivity index (χ4v) is 3.65. The number of amides is 1. The van der Waals surface area contributed by atoms with Crippen LogP contribution >= 0.6 is 11.3 Å². The summed E-state index contributed by atoms with van der Waals surface area (Å²) in [6.07, 6.45) is 1.78. The first-order valence-electron chi connectivity index (χ1n) is 8.66. The second kappa shape index (κ2) is 7.87. The van der Waals surface area contributed by atoms with Gasteiger partial charge in [-0.15, -0.1) is 11.3 Å². The Balaban J connectivity index is 1.89. The molecule has 0 aliphatic carbocycles. The number of rotatable bonds is 6. The van der Waals surface area contributed by atoms with Crippen LogP contribution in [-0.2, 0) is 9.53 Å². The van der Waals surface area contributed by atoms with Gasteiger partial charge in [0.2, 0.25) is 0 Å². The number of nitrogens with zero attached hydrogens (tertiary/aromatic N) is 3. The van der Waals surface area contributed by atoms with E-state index in [1.54, 1.807) is 19.2 Å². The second-order valence-corrected chi connectivity index (χ2v) is 7.52. The van der Waals surface area contributed by atoms with Gasteiger partial charge >= 0.3 is 5.97 Å². The molecular weight excluding hydrogens is 364 g/mol. The minimum Gasteiger partial charge on any atom is -0.469 e. The van der Waals surface area contributed by atoms with Crippen molar-refractivity contribution in [1.29, 1.82) is 0 Å². The van der Waals surface area contributed by atoms with Crippen LogP contribution in [-0.4, -0.2) is 33.8 Å². The highest BCUT2D eigenvalue weighted by atomic mass is 32.1. The summed E-state index contributed by atoms with van der Waals surface area (Å²) in [5, 5.41) is 10.0. The largest absolute Gasteiger partial charge is 0.469 e. The third-order valence-corrected chi connectivity index (χ3v) is 5.27. The molecule has 8 heteroatoms. The van der Waals surface area contributed by atoms with Crippen LogP contribution in [0.15, 0.2) is 29.8 Å². The molecule has 1 amide bonds. The van der Waals surface area contributed by atoms with E-state index in [-0.39, 0.29) is 24.3 Å². The number of hydrogen-bond acceptors (Lipinski definition) is 6. The van der Waals surface area contributed by atoms with Crippen molar-refractivity contribution in [2.75, 3.05) is 7.11 Å². The monoisotopic (exact) mass is 386 g/mol. The Kier molecular flexibility index (Phi) is 5.55. The van der Waals surface area contributed by atoms with Crippen LogP contribution in [0.4, 0.5) is 0 Å². The highest BCUT2D eigenvalue weighted by Crippen LogP contribution is 2.24. The molecule has 7 nitrogen and oxygen atoms in total. The lowest BCUT2D eigenvalue weighted by molar-refractivity contribution is -0.141. The van der Waals surface area contributed by atoms with Gasteiger partial charge in [0.15, 0.2) is 5.65 Å². The van der Waals surface area contributed by atoms with Crippen molar-refractivity contribution in [2.24, 2.45) is 0 Å². The Morgan fingerprint density at radius 3 is 2.78 bits per heavy atom. The molecule has 3 rings (SSSR count). The van der Waals surface area contributed by atoms with Gasteiger partial charge in [-0.1, -0.05) is 6.07 Å². The van der Waals surface area contributed by atoms with Crippen molar-refractivity contribution in [2.45, 2.75) is 39.3 Å². The van der Waals surface area contributed by atoms with Crippen LogP contribution in [0.1, 0.15) is 53.3 Å². The van der Waals surface area contributed by atoms with E-state index in [1.165, 1.54) is 18.4 Å². The lowest BCUT2D eigenvalue weighted by Crippen LogP contribution is -2.30. The Bertz CT molecular complexity index is 963. The number of carbonyl (C=O) groups is 2. The van der Waals surface area contributed by atoms with Gasteiger partial charge in [0, 0.05) is 16.3 Å².